The van der Waals surface area contributed by atoms with Gasteiger partial charge >= 0.3 is 12.4 Å². The zero-order chi connectivity index (χ0) is 33.9. The summed E-state index contributed by atoms with van der Waals surface area (Å²) in [6.45, 7) is 8.46. The molecule has 1 saturated heterocycles. The van der Waals surface area contributed by atoms with Gasteiger partial charge in [-0.3, -0.25) is 9.69 Å². The highest BCUT2D eigenvalue weighted by Crippen LogP contribution is 2.37. The Balaban J connectivity index is 1.16. The number of alkyl halides is 3. The van der Waals surface area contributed by atoms with Gasteiger partial charge in [-0.1, -0.05) is 58.0 Å². The molecule has 0 bridgehead atoms. The van der Waals surface area contributed by atoms with E-state index in [4.69, 9.17) is 0 Å². The van der Waals surface area contributed by atoms with Crippen molar-refractivity contribution in [1.29, 1.82) is 0 Å². The number of halogens is 3. The van der Waals surface area contributed by atoms with Gasteiger partial charge in [0.05, 0.1) is 17.1 Å². The predicted octanol–water partition coefficient (Wildman–Crippen LogP) is 6.59. The minimum absolute atomic E-state index is 0.0464. The SMILES string of the molecule is CC(C)c1ccc(O)cc1N1C(=O)CSC1NC(=O)NCC(C)(C)Cc1ccc(-c2ncn(-c3ccc(OC(F)(F)F)cc3)n2)cc1. The second-order valence-electron chi connectivity index (χ2n) is 12.2. The van der Waals surface area contributed by atoms with Gasteiger partial charge in [0.25, 0.3) is 0 Å². The minimum atomic E-state index is -4.76. The number of benzene rings is 3. The van der Waals surface area contributed by atoms with Gasteiger partial charge < -0.3 is 20.5 Å². The van der Waals surface area contributed by atoms with Crippen LogP contribution in [0.3, 0.4) is 0 Å². The van der Waals surface area contributed by atoms with Crippen LogP contribution in [0.5, 0.6) is 11.5 Å². The first-order valence-electron chi connectivity index (χ1n) is 14.9. The fraction of sp³-hybridized carbons (Fsp3) is 0.333. The summed E-state index contributed by atoms with van der Waals surface area (Å²) in [6.07, 6.45) is -2.62. The number of thioether (sulfide) groups is 1. The van der Waals surface area contributed by atoms with E-state index in [1.807, 2.05) is 52.0 Å². The molecule has 3 N–H and O–H groups in total. The van der Waals surface area contributed by atoms with Crippen LogP contribution < -0.4 is 20.3 Å². The Bertz CT molecular complexity index is 1730. The minimum Gasteiger partial charge on any atom is -0.508 e. The number of nitrogens with one attached hydrogen (secondary N) is 2. The molecule has 0 saturated carbocycles. The number of urea groups is 1. The zero-order valence-corrected chi connectivity index (χ0v) is 27.0. The number of aromatic nitrogens is 3. The van der Waals surface area contributed by atoms with Crippen molar-refractivity contribution in [2.24, 2.45) is 5.41 Å². The number of aromatic hydroxyl groups is 1. The molecule has 3 amide bonds. The van der Waals surface area contributed by atoms with Crippen LogP contribution in [0.25, 0.3) is 17.1 Å². The molecule has 0 spiro atoms. The van der Waals surface area contributed by atoms with Crippen LogP contribution in [0.1, 0.15) is 44.7 Å². The molecule has 47 heavy (non-hydrogen) atoms. The summed E-state index contributed by atoms with van der Waals surface area (Å²) in [7, 11) is 0. The molecule has 1 aromatic heterocycles. The molecule has 0 aliphatic carbocycles. The third-order valence-electron chi connectivity index (χ3n) is 7.47. The second kappa shape index (κ2) is 13.6. The van der Waals surface area contributed by atoms with E-state index in [-0.39, 0.29) is 34.5 Å². The Morgan fingerprint density at radius 3 is 2.45 bits per heavy atom. The number of hydrogen-bond acceptors (Lipinski definition) is 7. The molecule has 2 heterocycles. The molecule has 1 unspecified atom stereocenters. The molecule has 1 fully saturated rings. The normalized spacial score (nSPS) is 15.3. The molecule has 1 atom stereocenters. The quantitative estimate of drug-likeness (QED) is 0.174. The van der Waals surface area contributed by atoms with Gasteiger partial charge in [0, 0.05) is 18.2 Å². The standard InChI is InChI=1S/C33H35F3N6O4S/c1-20(2)26-14-11-24(43)15-27(26)42-28(44)17-47-31(42)39-30(45)37-18-32(3,4)16-21-5-7-22(8-6-21)29-38-19-41(40-29)23-9-12-25(13-10-23)46-33(34,35)36/h5-15,19-20,31,43H,16-18H2,1-4H3,(H2,37,39,45). The van der Waals surface area contributed by atoms with Crippen molar-refractivity contribution < 1.29 is 32.6 Å². The number of ether oxygens (including phenoxy) is 1. The summed E-state index contributed by atoms with van der Waals surface area (Å²) < 4.78 is 42.7. The summed E-state index contributed by atoms with van der Waals surface area (Å²) in [5.74, 6) is 0.351. The van der Waals surface area contributed by atoms with E-state index < -0.39 is 17.9 Å². The van der Waals surface area contributed by atoms with Crippen LogP contribution >= 0.6 is 11.8 Å². The lowest BCUT2D eigenvalue weighted by Gasteiger charge is -2.29. The van der Waals surface area contributed by atoms with E-state index in [2.05, 4.69) is 25.5 Å². The summed E-state index contributed by atoms with van der Waals surface area (Å²) in [5.41, 5.74) is 2.88. The number of phenols is 1. The first-order chi connectivity index (χ1) is 22.2. The lowest BCUT2D eigenvalue weighted by atomic mass is 9.85. The Kier molecular flexibility index (Phi) is 9.70. The van der Waals surface area contributed by atoms with E-state index in [0.717, 1.165) is 16.7 Å². The van der Waals surface area contributed by atoms with Crippen molar-refractivity contribution in [2.75, 3.05) is 17.2 Å². The fourth-order valence-electron chi connectivity index (χ4n) is 5.21. The van der Waals surface area contributed by atoms with Gasteiger partial charge in [-0.25, -0.2) is 14.5 Å². The zero-order valence-electron chi connectivity index (χ0n) is 26.2. The van der Waals surface area contributed by atoms with Crippen molar-refractivity contribution in [3.8, 4) is 28.6 Å². The number of phenolic OH excluding ortho intramolecular Hbond substituents is 1. The molecule has 14 heteroatoms. The van der Waals surface area contributed by atoms with Crippen LogP contribution in [0.4, 0.5) is 23.7 Å². The highest BCUT2D eigenvalue weighted by Gasteiger charge is 2.36. The summed E-state index contributed by atoms with van der Waals surface area (Å²) >= 11 is 1.31. The second-order valence-corrected chi connectivity index (χ2v) is 13.3. The van der Waals surface area contributed by atoms with Crippen LogP contribution in [0.2, 0.25) is 0 Å². The topological polar surface area (TPSA) is 122 Å². The number of rotatable bonds is 10. The van der Waals surface area contributed by atoms with Gasteiger partial charge in [0.1, 0.15) is 17.8 Å². The van der Waals surface area contributed by atoms with Crippen molar-refractivity contribution in [1.82, 2.24) is 25.4 Å². The van der Waals surface area contributed by atoms with Crippen molar-refractivity contribution >= 4 is 29.4 Å². The molecule has 248 valence electrons. The Hall–Kier alpha value is -4.72. The average molecular weight is 669 g/mol. The van der Waals surface area contributed by atoms with Crippen LogP contribution in [-0.4, -0.2) is 56.0 Å². The Morgan fingerprint density at radius 2 is 1.79 bits per heavy atom. The molecule has 4 aromatic rings. The highest BCUT2D eigenvalue weighted by molar-refractivity contribution is 8.01. The van der Waals surface area contributed by atoms with Crippen molar-refractivity contribution in [3.63, 3.8) is 0 Å². The van der Waals surface area contributed by atoms with Gasteiger partial charge in [0.15, 0.2) is 11.3 Å². The number of amides is 3. The van der Waals surface area contributed by atoms with E-state index >= 15 is 0 Å². The van der Waals surface area contributed by atoms with Crippen LogP contribution in [-0.2, 0) is 11.2 Å². The van der Waals surface area contributed by atoms with E-state index in [9.17, 15) is 27.9 Å². The van der Waals surface area contributed by atoms with Crippen LogP contribution in [0, 0.1) is 5.41 Å². The number of hydrogen-bond donors (Lipinski definition) is 3. The van der Waals surface area contributed by atoms with Crippen molar-refractivity contribution in [3.05, 3.63) is 84.2 Å². The molecule has 1 aliphatic heterocycles. The average Bonchev–Trinajstić information content (AvgIpc) is 3.63. The van der Waals surface area contributed by atoms with E-state index in [1.54, 1.807) is 18.2 Å². The van der Waals surface area contributed by atoms with Gasteiger partial charge in [-0.15, -0.1) is 30.0 Å². The van der Waals surface area contributed by atoms with E-state index in [0.29, 0.717) is 30.2 Å². The maximum Gasteiger partial charge on any atom is 0.573 e. The molecule has 5 rings (SSSR count). The lowest BCUT2D eigenvalue weighted by Crippen LogP contribution is -2.50. The summed E-state index contributed by atoms with van der Waals surface area (Å²) in [6, 6.07) is 17.6. The number of carbonyl (C=O) groups excluding carboxylic acids is 2. The smallest absolute Gasteiger partial charge is 0.508 e. The monoisotopic (exact) mass is 668 g/mol. The summed E-state index contributed by atoms with van der Waals surface area (Å²) in [4.78, 5) is 31.6. The number of carbonyl (C=O) groups is 2. The highest BCUT2D eigenvalue weighted by atomic mass is 32.2. The Morgan fingerprint density at radius 1 is 1.09 bits per heavy atom. The third kappa shape index (κ3) is 8.56. The van der Waals surface area contributed by atoms with Gasteiger partial charge in [-0.05, 0) is 59.2 Å². The molecule has 10 nitrogen and oxygen atoms in total. The first kappa shape index (κ1) is 33.6. The lowest BCUT2D eigenvalue weighted by molar-refractivity contribution is -0.274. The Labute approximate surface area is 274 Å². The number of anilines is 1. The number of nitrogens with zero attached hydrogens (tertiary/aromatic N) is 4. The molecular formula is C33H35F3N6O4S. The maximum absolute atomic E-state index is 13.0. The van der Waals surface area contributed by atoms with Gasteiger partial charge in [-0.2, -0.15) is 0 Å². The fourth-order valence-corrected chi connectivity index (χ4v) is 6.22. The maximum atomic E-state index is 13.0. The molecular weight excluding hydrogens is 633 g/mol. The van der Waals surface area contributed by atoms with Crippen LogP contribution in [0.15, 0.2) is 73.1 Å². The van der Waals surface area contributed by atoms with E-state index in [1.165, 1.54) is 51.9 Å². The van der Waals surface area contributed by atoms with Crippen molar-refractivity contribution in [2.45, 2.75) is 51.9 Å². The summed E-state index contributed by atoms with van der Waals surface area (Å²) in [5, 5.41) is 20.4. The first-order valence-corrected chi connectivity index (χ1v) is 15.9. The molecule has 3 aromatic carbocycles. The predicted molar refractivity (Wildman–Crippen MR) is 173 cm³/mol. The third-order valence-corrected chi connectivity index (χ3v) is 8.53. The largest absolute Gasteiger partial charge is 0.573 e. The van der Waals surface area contributed by atoms with Gasteiger partial charge in [0.2, 0.25) is 5.91 Å². The molecule has 0 radical (unpaired) electrons. The molecule has 1 aliphatic rings.